The molecule has 1 aliphatic carbocycles. The molecule has 1 aliphatic heterocycles. The summed E-state index contributed by atoms with van der Waals surface area (Å²) in [6.07, 6.45) is 4.99. The summed E-state index contributed by atoms with van der Waals surface area (Å²) in [5.74, 6) is 0.913. The minimum atomic E-state index is -0.339. The van der Waals surface area contributed by atoms with E-state index in [0.717, 1.165) is 24.4 Å². The highest BCUT2D eigenvalue weighted by molar-refractivity contribution is 5.61. The van der Waals surface area contributed by atoms with Crippen molar-refractivity contribution in [1.29, 1.82) is 0 Å². The van der Waals surface area contributed by atoms with Gasteiger partial charge in [-0.25, -0.2) is 0 Å². The summed E-state index contributed by atoms with van der Waals surface area (Å²) >= 11 is 0. The van der Waals surface area contributed by atoms with Crippen LogP contribution < -0.4 is 4.90 Å². The highest BCUT2D eigenvalue weighted by atomic mass is 16.3. The number of benzene rings is 1. The van der Waals surface area contributed by atoms with E-state index in [9.17, 15) is 5.11 Å². The third-order valence-corrected chi connectivity index (χ3v) is 4.31. The van der Waals surface area contributed by atoms with Crippen molar-refractivity contribution in [2.24, 2.45) is 5.92 Å². The molecule has 1 aromatic rings. The van der Waals surface area contributed by atoms with Crippen LogP contribution in [0.4, 0.5) is 5.69 Å². The van der Waals surface area contributed by atoms with E-state index in [0.29, 0.717) is 0 Å². The quantitative estimate of drug-likeness (QED) is 0.864. The van der Waals surface area contributed by atoms with E-state index in [1.807, 2.05) is 6.92 Å². The van der Waals surface area contributed by atoms with Crippen LogP contribution in [0.3, 0.4) is 0 Å². The fourth-order valence-electron chi connectivity index (χ4n) is 3.10. The van der Waals surface area contributed by atoms with Gasteiger partial charge in [0, 0.05) is 18.8 Å². The fourth-order valence-corrected chi connectivity index (χ4v) is 3.10. The Morgan fingerprint density at radius 3 is 2.88 bits per heavy atom. The van der Waals surface area contributed by atoms with Gasteiger partial charge in [-0.3, -0.25) is 0 Å². The van der Waals surface area contributed by atoms with Gasteiger partial charge in [0.2, 0.25) is 0 Å². The first-order valence-electron chi connectivity index (χ1n) is 6.80. The summed E-state index contributed by atoms with van der Waals surface area (Å²) in [5.41, 5.74) is 3.87. The Labute approximate surface area is 103 Å². The largest absolute Gasteiger partial charge is 0.389 e. The van der Waals surface area contributed by atoms with Crippen LogP contribution in [-0.4, -0.2) is 18.2 Å². The molecule has 1 N–H and O–H groups in total. The molecule has 2 nitrogen and oxygen atoms in total. The van der Waals surface area contributed by atoms with Crippen LogP contribution in [0, 0.1) is 5.92 Å². The van der Waals surface area contributed by atoms with Gasteiger partial charge in [-0.2, -0.15) is 0 Å². The SMILES string of the molecule is CC(O)c1cccc2c1CCN2CC1CCC1. The third-order valence-electron chi connectivity index (χ3n) is 4.31. The van der Waals surface area contributed by atoms with E-state index >= 15 is 0 Å². The number of hydrogen-bond acceptors (Lipinski definition) is 2. The van der Waals surface area contributed by atoms with Crippen molar-refractivity contribution in [2.75, 3.05) is 18.0 Å². The lowest BCUT2D eigenvalue weighted by atomic mass is 9.85. The van der Waals surface area contributed by atoms with Gasteiger partial charge in [0.1, 0.15) is 0 Å². The Kier molecular flexibility index (Phi) is 2.83. The highest BCUT2D eigenvalue weighted by Gasteiger charge is 2.27. The molecular formula is C15H21NO. The van der Waals surface area contributed by atoms with E-state index in [-0.39, 0.29) is 6.10 Å². The van der Waals surface area contributed by atoms with E-state index in [1.54, 1.807) is 0 Å². The average Bonchev–Trinajstić information content (AvgIpc) is 2.66. The maximum Gasteiger partial charge on any atom is 0.0765 e. The average molecular weight is 231 g/mol. The number of aliphatic hydroxyl groups excluding tert-OH is 1. The van der Waals surface area contributed by atoms with Crippen LogP contribution in [0.15, 0.2) is 18.2 Å². The Morgan fingerprint density at radius 1 is 1.41 bits per heavy atom. The number of aliphatic hydroxyl groups is 1. The minimum Gasteiger partial charge on any atom is -0.389 e. The molecule has 1 fully saturated rings. The van der Waals surface area contributed by atoms with Gasteiger partial charge < -0.3 is 10.0 Å². The monoisotopic (exact) mass is 231 g/mol. The predicted octanol–water partition coefficient (Wildman–Crippen LogP) is 2.90. The summed E-state index contributed by atoms with van der Waals surface area (Å²) < 4.78 is 0. The molecule has 2 heteroatoms. The second-order valence-corrected chi connectivity index (χ2v) is 5.51. The zero-order valence-electron chi connectivity index (χ0n) is 10.5. The lowest BCUT2D eigenvalue weighted by Crippen LogP contribution is -2.31. The second kappa shape index (κ2) is 4.34. The first kappa shape index (κ1) is 11.1. The topological polar surface area (TPSA) is 23.5 Å². The normalized spacial score (nSPS) is 21.2. The van der Waals surface area contributed by atoms with Crippen LogP contribution in [0.5, 0.6) is 0 Å². The van der Waals surface area contributed by atoms with E-state index < -0.39 is 0 Å². The van der Waals surface area contributed by atoms with Crippen LogP contribution in [0.2, 0.25) is 0 Å². The molecule has 1 atom stereocenters. The standard InChI is InChI=1S/C15H21NO/c1-11(17)13-6-3-7-15-14(13)8-9-16(15)10-12-4-2-5-12/h3,6-7,11-12,17H,2,4-5,8-10H2,1H3. The molecule has 0 saturated heterocycles. The summed E-state index contributed by atoms with van der Waals surface area (Å²) in [5, 5.41) is 9.79. The molecule has 1 saturated carbocycles. The van der Waals surface area contributed by atoms with Crippen molar-refractivity contribution in [3.8, 4) is 0 Å². The summed E-state index contributed by atoms with van der Waals surface area (Å²) in [4.78, 5) is 2.52. The Bertz CT molecular complexity index is 409. The molecule has 17 heavy (non-hydrogen) atoms. The number of fused-ring (bicyclic) bond motifs is 1. The van der Waals surface area contributed by atoms with Gasteiger partial charge in [-0.05, 0) is 49.3 Å². The zero-order valence-corrected chi connectivity index (χ0v) is 10.5. The molecule has 0 bridgehead atoms. The fraction of sp³-hybridized carbons (Fsp3) is 0.600. The Hall–Kier alpha value is -1.02. The summed E-state index contributed by atoms with van der Waals surface area (Å²) in [6.45, 7) is 4.22. The van der Waals surface area contributed by atoms with Crippen LogP contribution in [0.1, 0.15) is 43.4 Å². The molecular weight excluding hydrogens is 210 g/mol. The Morgan fingerprint density at radius 2 is 2.24 bits per heavy atom. The maximum atomic E-state index is 9.79. The predicted molar refractivity (Wildman–Crippen MR) is 70.3 cm³/mol. The van der Waals surface area contributed by atoms with Crippen molar-refractivity contribution < 1.29 is 5.11 Å². The van der Waals surface area contributed by atoms with Crippen molar-refractivity contribution in [3.63, 3.8) is 0 Å². The van der Waals surface area contributed by atoms with E-state index in [4.69, 9.17) is 0 Å². The first-order chi connectivity index (χ1) is 8.25. The van der Waals surface area contributed by atoms with Gasteiger partial charge in [-0.1, -0.05) is 18.6 Å². The molecule has 92 valence electrons. The molecule has 3 rings (SSSR count). The van der Waals surface area contributed by atoms with Crippen molar-refractivity contribution in [3.05, 3.63) is 29.3 Å². The van der Waals surface area contributed by atoms with Gasteiger partial charge >= 0.3 is 0 Å². The molecule has 0 amide bonds. The van der Waals surface area contributed by atoms with Crippen LogP contribution in [-0.2, 0) is 6.42 Å². The summed E-state index contributed by atoms with van der Waals surface area (Å²) in [7, 11) is 0. The smallest absolute Gasteiger partial charge is 0.0765 e. The van der Waals surface area contributed by atoms with E-state index in [1.165, 1.54) is 37.1 Å². The molecule has 0 spiro atoms. The molecule has 0 radical (unpaired) electrons. The van der Waals surface area contributed by atoms with Gasteiger partial charge in [0.05, 0.1) is 6.10 Å². The van der Waals surface area contributed by atoms with Crippen molar-refractivity contribution >= 4 is 5.69 Å². The minimum absolute atomic E-state index is 0.339. The first-order valence-corrected chi connectivity index (χ1v) is 6.80. The number of nitrogens with zero attached hydrogens (tertiary/aromatic N) is 1. The molecule has 2 aliphatic rings. The van der Waals surface area contributed by atoms with Gasteiger partial charge in [0.25, 0.3) is 0 Å². The third kappa shape index (κ3) is 1.95. The molecule has 1 aromatic carbocycles. The lowest BCUT2D eigenvalue weighted by Gasteiger charge is -2.31. The van der Waals surface area contributed by atoms with Crippen LogP contribution in [0.25, 0.3) is 0 Å². The van der Waals surface area contributed by atoms with Crippen molar-refractivity contribution in [1.82, 2.24) is 0 Å². The van der Waals surface area contributed by atoms with Crippen molar-refractivity contribution in [2.45, 2.75) is 38.7 Å². The highest BCUT2D eigenvalue weighted by Crippen LogP contribution is 2.36. The summed E-state index contributed by atoms with van der Waals surface area (Å²) in [6, 6.07) is 6.36. The zero-order chi connectivity index (χ0) is 11.8. The number of hydrogen-bond donors (Lipinski definition) is 1. The van der Waals surface area contributed by atoms with E-state index in [2.05, 4.69) is 23.1 Å². The maximum absolute atomic E-state index is 9.79. The molecule has 0 aromatic heterocycles. The van der Waals surface area contributed by atoms with Gasteiger partial charge in [0.15, 0.2) is 0 Å². The number of anilines is 1. The number of rotatable bonds is 3. The molecule has 1 heterocycles. The Balaban J connectivity index is 1.83. The lowest BCUT2D eigenvalue weighted by molar-refractivity contribution is 0.198. The molecule has 1 unspecified atom stereocenters. The van der Waals surface area contributed by atoms with Crippen LogP contribution >= 0.6 is 0 Å². The van der Waals surface area contributed by atoms with Gasteiger partial charge in [-0.15, -0.1) is 0 Å². The second-order valence-electron chi connectivity index (χ2n) is 5.51.